The van der Waals surface area contributed by atoms with Gasteiger partial charge >= 0.3 is 23.9 Å². The minimum absolute atomic E-state index is 0.0112. The Hall–Kier alpha value is -2.36. The minimum atomic E-state index is -0.848. The Morgan fingerprint density at radius 3 is 0.878 bits per heavy atom. The molecular formula is C60H110O14. The Balaban J connectivity index is 0.000000368. The van der Waals surface area contributed by atoms with Crippen molar-refractivity contribution < 1.29 is 67.7 Å². The molecule has 14 heteroatoms. The Morgan fingerprint density at radius 2 is 0.703 bits per heavy atom. The van der Waals surface area contributed by atoms with Crippen molar-refractivity contribution in [3.05, 3.63) is 0 Å². The minimum Gasteiger partial charge on any atom is -0.481 e. The van der Waals surface area contributed by atoms with E-state index in [1.165, 1.54) is 32.1 Å². The third-order valence-electron chi connectivity index (χ3n) is 21.6. The van der Waals surface area contributed by atoms with Crippen LogP contribution in [0.25, 0.3) is 0 Å². The number of carboxylic acids is 1. The average Bonchev–Trinajstić information content (AvgIpc) is 4.01. The lowest BCUT2D eigenvalue weighted by Crippen LogP contribution is -2.39. The van der Waals surface area contributed by atoms with E-state index in [2.05, 4.69) is 90.0 Å². The molecule has 0 aromatic heterocycles. The number of methoxy groups -OCH3 is 4. The molecule has 6 rings (SSSR count). The van der Waals surface area contributed by atoms with Crippen molar-refractivity contribution in [3.8, 4) is 0 Å². The SMILES string of the molecule is CCC(CC(C)C(=O)O)C(=O)OC1CC2CCC1(C)C2(C)C.CCC(CC(C)C(OC)OC)C(=O)OC1CC2CCC1(C)C2(C)C.CCC(CC(C)C(OC)OC)C(=O)OC1CC2CCC1(C)C2(C)C.CO.CO. The predicted molar refractivity (Wildman–Crippen MR) is 290 cm³/mol. The van der Waals surface area contributed by atoms with Crippen LogP contribution in [0.15, 0.2) is 0 Å². The highest BCUT2D eigenvalue weighted by Gasteiger charge is 2.65. The summed E-state index contributed by atoms with van der Waals surface area (Å²) in [5, 5.41) is 23.0. The number of carboxylic acid groups (broad SMARTS) is 1. The van der Waals surface area contributed by atoms with Gasteiger partial charge in [-0.05, 0) is 130 Å². The highest BCUT2D eigenvalue weighted by atomic mass is 16.7. The van der Waals surface area contributed by atoms with Crippen LogP contribution in [-0.4, -0.2) is 113 Å². The van der Waals surface area contributed by atoms with E-state index in [-0.39, 0.29) is 111 Å². The van der Waals surface area contributed by atoms with Gasteiger partial charge in [-0.15, -0.1) is 0 Å². The molecule has 0 spiro atoms. The standard InChI is InChI=1S/2C20H36O4.C18H30O4.2CH4O/c2*1-8-14(11-13(2)18(22-6)23-7)17(21)24-16-12-15-9-10-20(16,5)19(15,3)4;1-6-12(9-11(2)15(19)20)16(21)22-14-10-13-7-8-18(14,5)17(13,3)4;2*1-2/h2*13-16,18H,8-12H2,1-7H3;11-14H,6-10H2,1-5H3,(H,19,20);2*2H,1H3. The molecule has 0 saturated heterocycles. The van der Waals surface area contributed by atoms with Crippen LogP contribution >= 0.6 is 0 Å². The second-order valence-electron chi connectivity index (χ2n) is 25.5. The molecule has 0 heterocycles. The van der Waals surface area contributed by atoms with Gasteiger partial charge in [-0.2, -0.15) is 0 Å². The molecule has 0 amide bonds. The first-order valence-corrected chi connectivity index (χ1v) is 28.4. The summed E-state index contributed by atoms with van der Waals surface area (Å²) in [5.41, 5.74) is 1.06. The van der Waals surface area contributed by atoms with Crippen LogP contribution in [0.5, 0.6) is 0 Å². The zero-order chi connectivity index (χ0) is 56.9. The number of aliphatic carboxylic acids is 1. The topological polar surface area (TPSA) is 194 Å². The monoisotopic (exact) mass is 1050 g/mol. The molecule has 6 saturated carbocycles. The summed E-state index contributed by atoms with van der Waals surface area (Å²) in [7, 11) is 8.56. The number of ether oxygens (including phenoxy) is 7. The molecule has 3 N–H and O–H groups in total. The molecule has 6 bridgehead atoms. The van der Waals surface area contributed by atoms with E-state index in [9.17, 15) is 19.2 Å². The molecule has 15 atom stereocenters. The quantitative estimate of drug-likeness (QED) is 0.0526. The molecule has 6 aliphatic rings. The molecule has 6 aliphatic carbocycles. The van der Waals surface area contributed by atoms with Gasteiger partial charge < -0.3 is 48.5 Å². The largest absolute Gasteiger partial charge is 0.481 e. The van der Waals surface area contributed by atoms with Crippen molar-refractivity contribution >= 4 is 23.9 Å². The van der Waals surface area contributed by atoms with E-state index in [1.54, 1.807) is 35.4 Å². The maximum atomic E-state index is 12.8. The van der Waals surface area contributed by atoms with E-state index >= 15 is 0 Å². The van der Waals surface area contributed by atoms with Crippen molar-refractivity contribution in [2.45, 2.75) is 231 Å². The van der Waals surface area contributed by atoms with Crippen LogP contribution in [0.2, 0.25) is 0 Å². The summed E-state index contributed by atoms with van der Waals surface area (Å²) in [6.45, 7) is 32.7. The number of esters is 3. The third-order valence-corrected chi connectivity index (χ3v) is 21.6. The number of carbonyl (C=O) groups excluding carboxylic acids is 3. The van der Waals surface area contributed by atoms with Gasteiger partial charge in [0.25, 0.3) is 0 Å². The second-order valence-corrected chi connectivity index (χ2v) is 25.5. The number of hydrogen-bond donors (Lipinski definition) is 3. The summed E-state index contributed by atoms with van der Waals surface area (Å²) in [5.74, 6) is 0.205. The maximum absolute atomic E-state index is 12.8. The highest BCUT2D eigenvalue weighted by Crippen LogP contribution is 2.68. The lowest BCUT2D eigenvalue weighted by Gasteiger charge is -2.39. The van der Waals surface area contributed by atoms with Gasteiger partial charge in [-0.25, -0.2) is 0 Å². The zero-order valence-electron chi connectivity index (χ0n) is 50.5. The number of aliphatic hydroxyl groups is 2. The Kier molecular flexibility index (Phi) is 26.1. The van der Waals surface area contributed by atoms with Crippen molar-refractivity contribution in [1.29, 1.82) is 0 Å². The van der Waals surface area contributed by atoms with Crippen molar-refractivity contribution in [1.82, 2.24) is 0 Å². The van der Waals surface area contributed by atoms with E-state index < -0.39 is 11.9 Å². The molecule has 0 aromatic carbocycles. The lowest BCUT2D eigenvalue weighted by molar-refractivity contribution is -0.167. The zero-order valence-corrected chi connectivity index (χ0v) is 50.5. The predicted octanol–water partition coefficient (Wildman–Crippen LogP) is 11.9. The first kappa shape index (κ1) is 67.7. The van der Waals surface area contributed by atoms with Crippen molar-refractivity contribution in [3.63, 3.8) is 0 Å². The molecule has 14 nitrogen and oxygen atoms in total. The second kappa shape index (κ2) is 28.5. The van der Waals surface area contributed by atoms with E-state index in [1.807, 2.05) is 6.92 Å². The summed E-state index contributed by atoms with van der Waals surface area (Å²) >= 11 is 0. The van der Waals surface area contributed by atoms with Crippen molar-refractivity contribution in [2.24, 2.45) is 85.8 Å². The number of fused-ring (bicyclic) bond motifs is 6. The van der Waals surface area contributed by atoms with Crippen LogP contribution in [0.3, 0.4) is 0 Å². The lowest BCUT2D eigenvalue weighted by atomic mass is 9.70. The highest BCUT2D eigenvalue weighted by molar-refractivity contribution is 5.75. The molecule has 6 fully saturated rings. The fraction of sp³-hybridized carbons (Fsp3) is 0.933. The first-order chi connectivity index (χ1) is 34.5. The van der Waals surface area contributed by atoms with Gasteiger partial charge in [0.05, 0.1) is 23.7 Å². The number of aliphatic hydroxyl groups excluding tert-OH is 2. The Labute approximate surface area is 449 Å². The van der Waals surface area contributed by atoms with Gasteiger partial charge in [0.15, 0.2) is 12.6 Å². The molecule has 434 valence electrons. The van der Waals surface area contributed by atoms with Crippen LogP contribution in [0, 0.1) is 85.8 Å². The number of hydrogen-bond acceptors (Lipinski definition) is 13. The smallest absolute Gasteiger partial charge is 0.309 e. The fourth-order valence-electron chi connectivity index (χ4n) is 14.7. The van der Waals surface area contributed by atoms with Gasteiger partial charge in [-0.1, -0.05) is 104 Å². The molecule has 0 aliphatic heterocycles. The van der Waals surface area contributed by atoms with Crippen LogP contribution in [-0.2, 0) is 52.3 Å². The van der Waals surface area contributed by atoms with Gasteiger partial charge in [0.1, 0.15) is 18.3 Å². The maximum Gasteiger partial charge on any atom is 0.309 e. The summed E-state index contributed by atoms with van der Waals surface area (Å²) in [6.07, 6.45) is 13.9. The summed E-state index contributed by atoms with van der Waals surface area (Å²) in [4.78, 5) is 49.1. The number of carbonyl (C=O) groups is 4. The van der Waals surface area contributed by atoms with E-state index in [4.69, 9.17) is 48.5 Å². The summed E-state index contributed by atoms with van der Waals surface area (Å²) < 4.78 is 39.3. The van der Waals surface area contributed by atoms with Gasteiger partial charge in [-0.3, -0.25) is 19.2 Å². The van der Waals surface area contributed by atoms with Crippen molar-refractivity contribution in [2.75, 3.05) is 42.7 Å². The molecule has 0 radical (unpaired) electrons. The molecule has 15 unspecified atom stereocenters. The Morgan fingerprint density at radius 1 is 0.459 bits per heavy atom. The van der Waals surface area contributed by atoms with E-state index in [0.717, 1.165) is 65.6 Å². The Bertz CT molecular complexity index is 1660. The third kappa shape index (κ3) is 14.1. The van der Waals surface area contributed by atoms with Crippen LogP contribution in [0.1, 0.15) is 200 Å². The van der Waals surface area contributed by atoms with Crippen LogP contribution < -0.4 is 0 Å². The normalized spacial score (nSPS) is 32.4. The van der Waals surface area contributed by atoms with E-state index in [0.29, 0.717) is 30.6 Å². The average molecular weight is 1060 g/mol. The van der Waals surface area contributed by atoms with Crippen LogP contribution in [0.4, 0.5) is 0 Å². The molecule has 74 heavy (non-hydrogen) atoms. The number of rotatable bonds is 22. The van der Waals surface area contributed by atoms with Gasteiger partial charge in [0, 0.05) is 70.7 Å². The first-order valence-electron chi connectivity index (χ1n) is 28.4. The summed E-state index contributed by atoms with van der Waals surface area (Å²) in [6, 6.07) is 0. The molecule has 0 aromatic rings. The molecular weight excluding hydrogens is 945 g/mol. The van der Waals surface area contributed by atoms with Gasteiger partial charge in [0.2, 0.25) is 0 Å². The fourth-order valence-corrected chi connectivity index (χ4v) is 14.7.